The van der Waals surface area contributed by atoms with Gasteiger partial charge in [-0.05, 0) is 46.8 Å². The van der Waals surface area contributed by atoms with Crippen LogP contribution in [0.15, 0.2) is 36.3 Å². The maximum Gasteiger partial charge on any atom is 0.151 e. The summed E-state index contributed by atoms with van der Waals surface area (Å²) in [4.78, 5) is 12.9. The van der Waals surface area contributed by atoms with Crippen molar-refractivity contribution in [3.63, 3.8) is 0 Å². The van der Waals surface area contributed by atoms with E-state index in [4.69, 9.17) is 0 Å². The minimum Gasteiger partial charge on any atom is -0.344 e. The molecule has 0 saturated heterocycles. The lowest BCUT2D eigenvalue weighted by Crippen LogP contribution is -2.03. The molecule has 0 aliphatic rings. The van der Waals surface area contributed by atoms with Crippen LogP contribution in [0.2, 0.25) is 0 Å². The molecule has 0 bridgehead atoms. The lowest BCUT2D eigenvalue weighted by molar-refractivity contribution is 0.600. The Labute approximate surface area is 146 Å². The van der Waals surface area contributed by atoms with Crippen molar-refractivity contribution in [1.29, 1.82) is 0 Å². The van der Waals surface area contributed by atoms with Gasteiger partial charge >= 0.3 is 0 Å². The molecule has 0 fully saturated rings. The first-order valence-corrected chi connectivity index (χ1v) is 8.31. The molecule has 0 aliphatic carbocycles. The van der Waals surface area contributed by atoms with Gasteiger partial charge in [0, 0.05) is 23.4 Å². The van der Waals surface area contributed by atoms with E-state index in [1.807, 2.05) is 43.5 Å². The number of hydrogen-bond acceptors (Lipinski definition) is 4. The number of benzene rings is 1. The van der Waals surface area contributed by atoms with Crippen molar-refractivity contribution in [1.82, 2.24) is 19.5 Å². The Hall–Kier alpha value is -2.76. The molecule has 130 valence electrons. The fourth-order valence-electron chi connectivity index (χ4n) is 2.93. The van der Waals surface area contributed by atoms with Crippen LogP contribution in [0.25, 0.3) is 22.3 Å². The third kappa shape index (κ3) is 3.24. The number of rotatable bonds is 4. The standard InChI is InChI=1S/C19H22FN5/c1-6-12(4)23-18-9-16(21-10-22-18)14-7-15(20)19-17(8-14)25(11(2)3)13(5)24-19/h6-11H,1-5H3,(H,21,22,23)/b12-6+. The normalized spacial score (nSPS) is 12.2. The van der Waals surface area contributed by atoms with E-state index in [2.05, 4.69) is 34.1 Å². The Balaban J connectivity index is 2.13. The summed E-state index contributed by atoms with van der Waals surface area (Å²) in [5.74, 6) is 1.14. The third-order valence-electron chi connectivity index (χ3n) is 4.16. The molecule has 6 heteroatoms. The van der Waals surface area contributed by atoms with Crippen LogP contribution in [0, 0.1) is 12.7 Å². The Morgan fingerprint density at radius 2 is 2.00 bits per heavy atom. The minimum atomic E-state index is -0.340. The van der Waals surface area contributed by atoms with E-state index in [-0.39, 0.29) is 11.9 Å². The van der Waals surface area contributed by atoms with Crippen LogP contribution in [-0.2, 0) is 0 Å². The Bertz CT molecular complexity index is 956. The van der Waals surface area contributed by atoms with Crippen molar-refractivity contribution >= 4 is 16.9 Å². The van der Waals surface area contributed by atoms with Gasteiger partial charge in [-0.2, -0.15) is 0 Å². The molecule has 0 radical (unpaired) electrons. The number of nitrogens with one attached hydrogen (secondary N) is 1. The van der Waals surface area contributed by atoms with Gasteiger partial charge in [-0.3, -0.25) is 0 Å². The maximum absolute atomic E-state index is 14.6. The average Bonchev–Trinajstić information content (AvgIpc) is 2.91. The highest BCUT2D eigenvalue weighted by Crippen LogP contribution is 2.29. The van der Waals surface area contributed by atoms with Crippen LogP contribution < -0.4 is 5.32 Å². The summed E-state index contributed by atoms with van der Waals surface area (Å²) in [6.07, 6.45) is 3.44. The number of fused-ring (bicyclic) bond motifs is 1. The van der Waals surface area contributed by atoms with Gasteiger partial charge < -0.3 is 9.88 Å². The molecule has 1 aromatic carbocycles. The van der Waals surface area contributed by atoms with Gasteiger partial charge in [0.25, 0.3) is 0 Å². The second-order valence-corrected chi connectivity index (χ2v) is 6.33. The van der Waals surface area contributed by atoms with E-state index in [0.29, 0.717) is 22.6 Å². The first kappa shape index (κ1) is 17.1. The molecular formula is C19H22FN5. The summed E-state index contributed by atoms with van der Waals surface area (Å²) >= 11 is 0. The minimum absolute atomic E-state index is 0.194. The van der Waals surface area contributed by atoms with Crippen LogP contribution in [0.4, 0.5) is 10.2 Å². The predicted molar refractivity (Wildman–Crippen MR) is 98.9 cm³/mol. The lowest BCUT2D eigenvalue weighted by atomic mass is 10.1. The van der Waals surface area contributed by atoms with E-state index in [1.54, 1.807) is 0 Å². The second-order valence-electron chi connectivity index (χ2n) is 6.33. The predicted octanol–water partition coefficient (Wildman–Crippen LogP) is 4.86. The van der Waals surface area contributed by atoms with Gasteiger partial charge in [0.05, 0.1) is 11.2 Å². The molecule has 3 aromatic rings. The quantitative estimate of drug-likeness (QED) is 0.738. The Kier molecular flexibility index (Phi) is 4.53. The highest BCUT2D eigenvalue weighted by molar-refractivity contribution is 5.83. The number of hydrogen-bond donors (Lipinski definition) is 1. The van der Waals surface area contributed by atoms with E-state index in [9.17, 15) is 4.39 Å². The molecule has 0 aliphatic heterocycles. The number of allylic oxidation sites excluding steroid dienone is 2. The number of nitrogens with zero attached hydrogens (tertiary/aromatic N) is 4. The molecule has 0 unspecified atom stereocenters. The van der Waals surface area contributed by atoms with Crippen LogP contribution in [-0.4, -0.2) is 19.5 Å². The van der Waals surface area contributed by atoms with Crippen molar-refractivity contribution < 1.29 is 4.39 Å². The first-order valence-electron chi connectivity index (χ1n) is 8.31. The monoisotopic (exact) mass is 339 g/mol. The van der Waals surface area contributed by atoms with Crippen molar-refractivity contribution in [3.05, 3.63) is 47.9 Å². The average molecular weight is 339 g/mol. The second kappa shape index (κ2) is 6.63. The first-order chi connectivity index (χ1) is 11.9. The summed E-state index contributed by atoms with van der Waals surface area (Å²) in [5.41, 5.74) is 3.53. The van der Waals surface area contributed by atoms with E-state index in [1.165, 1.54) is 12.4 Å². The SMILES string of the molecule is C/C=C(\C)Nc1cc(-c2cc(F)c3nc(C)n(C(C)C)c3c2)ncn1. The van der Waals surface area contributed by atoms with Crippen molar-refractivity contribution in [2.75, 3.05) is 5.32 Å². The van der Waals surface area contributed by atoms with Crippen LogP contribution in [0.5, 0.6) is 0 Å². The van der Waals surface area contributed by atoms with Crippen molar-refractivity contribution in [3.8, 4) is 11.3 Å². The number of imidazole rings is 1. The van der Waals surface area contributed by atoms with Gasteiger partial charge in [0.1, 0.15) is 23.5 Å². The molecule has 0 saturated carbocycles. The Morgan fingerprint density at radius 3 is 2.68 bits per heavy atom. The zero-order chi connectivity index (χ0) is 18.1. The fourth-order valence-corrected chi connectivity index (χ4v) is 2.93. The summed E-state index contributed by atoms with van der Waals surface area (Å²) in [5, 5.41) is 3.19. The topological polar surface area (TPSA) is 55.6 Å². The lowest BCUT2D eigenvalue weighted by Gasteiger charge is -2.12. The van der Waals surface area contributed by atoms with E-state index >= 15 is 0 Å². The number of aromatic nitrogens is 4. The molecule has 3 rings (SSSR count). The van der Waals surface area contributed by atoms with Gasteiger partial charge in [0.2, 0.25) is 0 Å². The highest BCUT2D eigenvalue weighted by Gasteiger charge is 2.16. The Morgan fingerprint density at radius 1 is 1.24 bits per heavy atom. The summed E-state index contributed by atoms with van der Waals surface area (Å²) < 4.78 is 16.6. The molecule has 0 atom stereocenters. The molecule has 1 N–H and O–H groups in total. The molecule has 25 heavy (non-hydrogen) atoms. The van der Waals surface area contributed by atoms with Crippen LogP contribution in [0.3, 0.4) is 0 Å². The molecule has 0 amide bonds. The number of halogens is 1. The van der Waals surface area contributed by atoms with Gasteiger partial charge in [-0.25, -0.2) is 19.3 Å². The van der Waals surface area contributed by atoms with Crippen molar-refractivity contribution in [2.45, 2.75) is 40.7 Å². The molecule has 5 nitrogen and oxygen atoms in total. The molecular weight excluding hydrogens is 317 g/mol. The number of anilines is 1. The third-order valence-corrected chi connectivity index (χ3v) is 4.16. The largest absolute Gasteiger partial charge is 0.344 e. The highest BCUT2D eigenvalue weighted by atomic mass is 19.1. The summed E-state index contributed by atoms with van der Waals surface area (Å²) in [6, 6.07) is 5.43. The molecule has 0 spiro atoms. The molecule has 2 heterocycles. The van der Waals surface area contributed by atoms with E-state index in [0.717, 1.165) is 17.0 Å². The van der Waals surface area contributed by atoms with Gasteiger partial charge in [-0.1, -0.05) is 6.08 Å². The maximum atomic E-state index is 14.6. The van der Waals surface area contributed by atoms with Gasteiger partial charge in [-0.15, -0.1) is 0 Å². The molecule has 2 aromatic heterocycles. The summed E-state index contributed by atoms with van der Waals surface area (Å²) in [7, 11) is 0. The van der Waals surface area contributed by atoms with Gasteiger partial charge in [0.15, 0.2) is 5.82 Å². The summed E-state index contributed by atoms with van der Waals surface area (Å²) in [6.45, 7) is 9.92. The smallest absolute Gasteiger partial charge is 0.151 e. The fraction of sp³-hybridized carbons (Fsp3) is 0.316. The van der Waals surface area contributed by atoms with Crippen molar-refractivity contribution in [2.24, 2.45) is 0 Å². The van der Waals surface area contributed by atoms with Crippen LogP contribution in [0.1, 0.15) is 39.6 Å². The zero-order valence-electron chi connectivity index (χ0n) is 15.1. The van der Waals surface area contributed by atoms with Crippen LogP contribution >= 0.6 is 0 Å². The van der Waals surface area contributed by atoms with E-state index < -0.39 is 0 Å². The zero-order valence-corrected chi connectivity index (χ0v) is 15.1. The number of aryl methyl sites for hydroxylation is 1.